The number of ether oxygens (including phenoxy) is 1. The third-order valence-electron chi connectivity index (χ3n) is 2.06. The molecule has 0 spiro atoms. The van der Waals surface area contributed by atoms with Crippen LogP contribution in [-0.4, -0.2) is 27.9 Å². The second-order valence-corrected chi connectivity index (χ2v) is 3.10. The molecule has 1 N–H and O–H groups in total. The normalized spacial score (nSPS) is 10.8. The molecule has 0 bridgehead atoms. The van der Waals surface area contributed by atoms with Crippen molar-refractivity contribution in [2.24, 2.45) is 7.05 Å². The number of aromatic amines is 1. The molecule has 2 aromatic heterocycles. The van der Waals surface area contributed by atoms with E-state index in [0.29, 0.717) is 11.2 Å². The Bertz CT molecular complexity index is 497. The van der Waals surface area contributed by atoms with E-state index in [0.717, 1.165) is 5.56 Å². The minimum Gasteiger partial charge on any atom is -0.465 e. The van der Waals surface area contributed by atoms with Crippen molar-refractivity contribution in [2.75, 3.05) is 7.11 Å². The maximum absolute atomic E-state index is 11.4. The van der Waals surface area contributed by atoms with E-state index in [2.05, 4.69) is 15.0 Å². The van der Waals surface area contributed by atoms with Crippen molar-refractivity contribution in [3.8, 4) is 0 Å². The number of nitrogens with one attached hydrogen (secondary N) is 1. The summed E-state index contributed by atoms with van der Waals surface area (Å²) in [5.74, 6) is -0.364. The molecule has 0 aliphatic rings. The minimum atomic E-state index is -0.364. The number of carbonyl (C=O) groups is 1. The largest absolute Gasteiger partial charge is 0.465 e. The van der Waals surface area contributed by atoms with Gasteiger partial charge in [-0.25, -0.2) is 4.79 Å². The lowest BCUT2D eigenvalue weighted by Crippen LogP contribution is -2.33. The number of hydrogen-bond acceptors (Lipinski definition) is 3. The van der Waals surface area contributed by atoms with Crippen LogP contribution >= 0.6 is 0 Å². The minimum absolute atomic E-state index is 0.364. The van der Waals surface area contributed by atoms with Gasteiger partial charge < -0.3 is 4.74 Å². The van der Waals surface area contributed by atoms with Crippen molar-refractivity contribution in [2.45, 2.75) is 6.92 Å². The van der Waals surface area contributed by atoms with Crippen molar-refractivity contribution in [1.29, 1.82) is 0 Å². The van der Waals surface area contributed by atoms with Gasteiger partial charge in [-0.05, 0) is 12.0 Å². The van der Waals surface area contributed by atoms with E-state index in [1.807, 2.05) is 6.92 Å². The van der Waals surface area contributed by atoms with E-state index < -0.39 is 0 Å². The number of aryl methyl sites for hydroxylation is 2. The number of H-pyrrole nitrogens is 1. The maximum atomic E-state index is 11.4. The van der Waals surface area contributed by atoms with Gasteiger partial charge in [-0.15, -0.1) is 4.52 Å². The Morgan fingerprint density at radius 3 is 3.07 bits per heavy atom. The average molecular weight is 195 g/mol. The van der Waals surface area contributed by atoms with Crippen LogP contribution in [0.1, 0.15) is 15.9 Å². The summed E-state index contributed by atoms with van der Waals surface area (Å²) < 4.78 is 6.36. The maximum Gasteiger partial charge on any atom is 0.344 e. The predicted octanol–water partition coefficient (Wildman–Crippen LogP) is -0.418. The van der Waals surface area contributed by atoms with Crippen LogP contribution in [0, 0.1) is 6.92 Å². The number of methoxy groups -OCH3 is 1. The van der Waals surface area contributed by atoms with Gasteiger partial charge in [0, 0.05) is 5.56 Å². The van der Waals surface area contributed by atoms with Crippen LogP contribution in [0.5, 0.6) is 0 Å². The van der Waals surface area contributed by atoms with Gasteiger partial charge in [0.05, 0.1) is 7.11 Å². The lowest BCUT2D eigenvalue weighted by Gasteiger charge is -1.93. The predicted molar refractivity (Wildman–Crippen MR) is 46.8 cm³/mol. The van der Waals surface area contributed by atoms with E-state index in [4.69, 9.17) is 0 Å². The van der Waals surface area contributed by atoms with Crippen LogP contribution in [0.3, 0.4) is 0 Å². The zero-order chi connectivity index (χ0) is 10.3. The third kappa shape index (κ3) is 1.07. The van der Waals surface area contributed by atoms with Crippen LogP contribution in [-0.2, 0) is 11.8 Å². The van der Waals surface area contributed by atoms with E-state index in [1.54, 1.807) is 17.8 Å². The summed E-state index contributed by atoms with van der Waals surface area (Å²) in [6.45, 7) is 1.84. The Morgan fingerprint density at radius 1 is 1.71 bits per heavy atom. The number of fused-ring (bicyclic) bond motifs is 1. The molecule has 0 fully saturated rings. The number of carbonyl (C=O) groups excluding carboxylic acids is 1. The number of tetrazole rings is 1. The first-order valence-corrected chi connectivity index (χ1v) is 4.16. The van der Waals surface area contributed by atoms with E-state index in [1.165, 1.54) is 11.9 Å². The molecule has 74 valence electrons. The summed E-state index contributed by atoms with van der Waals surface area (Å²) in [4.78, 5) is 12.9. The summed E-state index contributed by atoms with van der Waals surface area (Å²) in [5, 5.41) is 7.04. The Balaban J connectivity index is 2.71. The molecular weight excluding hydrogens is 184 g/mol. The molecule has 0 amide bonds. The van der Waals surface area contributed by atoms with Crippen molar-refractivity contribution in [1.82, 2.24) is 14.8 Å². The number of aromatic nitrogens is 4. The molecule has 0 saturated carbocycles. The van der Waals surface area contributed by atoms with Crippen LogP contribution in [0.2, 0.25) is 0 Å². The number of hydrogen-bond donors (Lipinski definition) is 1. The van der Waals surface area contributed by atoms with Crippen LogP contribution < -0.4 is 4.80 Å². The van der Waals surface area contributed by atoms with Gasteiger partial charge in [0.25, 0.3) is 5.65 Å². The zero-order valence-electron chi connectivity index (χ0n) is 8.24. The molecule has 14 heavy (non-hydrogen) atoms. The molecule has 0 aromatic carbocycles. The van der Waals surface area contributed by atoms with Crippen LogP contribution in [0.15, 0.2) is 6.20 Å². The molecule has 0 radical (unpaired) electrons. The highest BCUT2D eigenvalue weighted by molar-refractivity contribution is 5.97. The molecular formula is C8H11N4O2+. The second kappa shape index (κ2) is 2.83. The number of rotatable bonds is 1. The van der Waals surface area contributed by atoms with E-state index in [-0.39, 0.29) is 5.97 Å². The Hall–Kier alpha value is -1.85. The van der Waals surface area contributed by atoms with Crippen molar-refractivity contribution in [3.05, 3.63) is 17.3 Å². The Kier molecular flexibility index (Phi) is 1.77. The molecule has 6 nitrogen and oxygen atoms in total. The van der Waals surface area contributed by atoms with Crippen molar-refractivity contribution < 1.29 is 14.3 Å². The van der Waals surface area contributed by atoms with Gasteiger partial charge in [0.1, 0.15) is 18.8 Å². The second-order valence-electron chi connectivity index (χ2n) is 3.10. The molecule has 2 heterocycles. The monoisotopic (exact) mass is 195 g/mol. The molecule has 0 saturated heterocycles. The Morgan fingerprint density at radius 2 is 2.43 bits per heavy atom. The molecule has 0 aliphatic carbocycles. The molecule has 0 unspecified atom stereocenters. The highest BCUT2D eigenvalue weighted by atomic mass is 16.5. The van der Waals surface area contributed by atoms with Crippen molar-refractivity contribution >= 4 is 11.6 Å². The first-order chi connectivity index (χ1) is 6.63. The fraction of sp³-hybridized carbons (Fsp3) is 0.375. The first-order valence-electron chi connectivity index (χ1n) is 4.16. The highest BCUT2D eigenvalue weighted by Crippen LogP contribution is 2.14. The number of esters is 1. The number of nitrogens with zero attached hydrogens (tertiary/aromatic N) is 3. The first kappa shape index (κ1) is 8.74. The topological polar surface area (TPSA) is 63.3 Å². The van der Waals surface area contributed by atoms with Gasteiger partial charge in [-0.2, -0.15) is 0 Å². The summed E-state index contributed by atoms with van der Waals surface area (Å²) in [5.41, 5.74) is 1.93. The molecule has 0 aliphatic heterocycles. The SMILES string of the molecule is COC(=O)c1c(C)cn2[nH][n+](C)nc12. The molecule has 6 heteroatoms. The van der Waals surface area contributed by atoms with E-state index in [9.17, 15) is 4.79 Å². The lowest BCUT2D eigenvalue weighted by atomic mass is 10.2. The van der Waals surface area contributed by atoms with Crippen LogP contribution in [0.4, 0.5) is 0 Å². The fourth-order valence-electron chi connectivity index (χ4n) is 1.47. The molecule has 0 atom stereocenters. The fourth-order valence-corrected chi connectivity index (χ4v) is 1.47. The smallest absolute Gasteiger partial charge is 0.344 e. The summed E-state index contributed by atoms with van der Waals surface area (Å²) >= 11 is 0. The van der Waals surface area contributed by atoms with Gasteiger partial charge in [-0.3, -0.25) is 0 Å². The summed E-state index contributed by atoms with van der Waals surface area (Å²) in [7, 11) is 3.11. The van der Waals surface area contributed by atoms with Crippen LogP contribution in [0.25, 0.3) is 5.65 Å². The van der Waals surface area contributed by atoms with Crippen molar-refractivity contribution in [3.63, 3.8) is 0 Å². The summed E-state index contributed by atoms with van der Waals surface area (Å²) in [6, 6.07) is 0. The highest BCUT2D eigenvalue weighted by Gasteiger charge is 2.23. The lowest BCUT2D eigenvalue weighted by molar-refractivity contribution is -0.783. The van der Waals surface area contributed by atoms with Gasteiger partial charge in [0.15, 0.2) is 0 Å². The zero-order valence-corrected chi connectivity index (χ0v) is 8.24. The Labute approximate surface area is 80.0 Å². The standard InChI is InChI=1S/C8H10N4O2/c1-5-4-12-7(9-11(2)10-12)6(5)8(13)14-3/h4H,1-3H3/p+1. The van der Waals surface area contributed by atoms with Gasteiger partial charge >= 0.3 is 5.97 Å². The van der Waals surface area contributed by atoms with Gasteiger partial charge in [-0.1, -0.05) is 10.0 Å². The molecule has 2 rings (SSSR count). The summed E-state index contributed by atoms with van der Waals surface area (Å²) in [6.07, 6.45) is 1.80. The quantitative estimate of drug-likeness (QED) is 0.496. The van der Waals surface area contributed by atoms with Gasteiger partial charge in [0.2, 0.25) is 0 Å². The van der Waals surface area contributed by atoms with E-state index >= 15 is 0 Å². The average Bonchev–Trinajstić information content (AvgIpc) is 2.58. The molecule has 2 aromatic rings. The third-order valence-corrected chi connectivity index (χ3v) is 2.06.